The molecule has 5 heteroatoms. The molecule has 3 rings (SSSR count). The van der Waals surface area contributed by atoms with Crippen LogP contribution in [-0.4, -0.2) is 24.9 Å². The number of nitrogens with zero attached hydrogens (tertiary/aromatic N) is 2. The van der Waals surface area contributed by atoms with Crippen molar-refractivity contribution in [2.75, 3.05) is 19.0 Å². The maximum Gasteiger partial charge on any atom is 0.265 e. The number of anilines is 2. The average Bonchev–Trinajstić information content (AvgIpc) is 2.72. The fourth-order valence-corrected chi connectivity index (χ4v) is 2.49. The highest BCUT2D eigenvalue weighted by atomic mass is 19.1. The van der Waals surface area contributed by atoms with Crippen LogP contribution < -0.4 is 4.90 Å². The van der Waals surface area contributed by atoms with Crippen LogP contribution in [0.2, 0.25) is 0 Å². The summed E-state index contributed by atoms with van der Waals surface area (Å²) in [6, 6.07) is 9.84. The second-order valence-electron chi connectivity index (χ2n) is 5.28. The third kappa shape index (κ3) is 2.35. The van der Waals surface area contributed by atoms with Crippen LogP contribution in [0.5, 0.6) is 0 Å². The van der Waals surface area contributed by atoms with Gasteiger partial charge in [-0.1, -0.05) is 0 Å². The normalized spacial score (nSPS) is 15.4. The van der Waals surface area contributed by atoms with E-state index in [4.69, 9.17) is 0 Å². The molecule has 0 saturated carbocycles. The molecule has 0 aromatic heterocycles. The van der Waals surface area contributed by atoms with Gasteiger partial charge in [0.1, 0.15) is 11.6 Å². The summed E-state index contributed by atoms with van der Waals surface area (Å²) in [4.78, 5) is 15.9. The van der Waals surface area contributed by atoms with Gasteiger partial charge in [-0.25, -0.2) is 8.78 Å². The van der Waals surface area contributed by atoms with Gasteiger partial charge in [-0.2, -0.15) is 0 Å². The van der Waals surface area contributed by atoms with Crippen LogP contribution in [0.3, 0.4) is 0 Å². The number of rotatable bonds is 2. The zero-order chi connectivity index (χ0) is 15.9. The van der Waals surface area contributed by atoms with Gasteiger partial charge >= 0.3 is 0 Å². The Hall–Kier alpha value is -2.69. The van der Waals surface area contributed by atoms with Crippen LogP contribution in [0.1, 0.15) is 5.56 Å². The topological polar surface area (TPSA) is 23.6 Å². The Morgan fingerprint density at radius 2 is 1.64 bits per heavy atom. The van der Waals surface area contributed by atoms with Crippen molar-refractivity contribution < 1.29 is 13.6 Å². The maximum atomic E-state index is 13.6. The monoisotopic (exact) mass is 300 g/mol. The minimum atomic E-state index is -0.405. The largest absolute Gasteiger partial charge is 0.383 e. The van der Waals surface area contributed by atoms with Crippen molar-refractivity contribution in [1.82, 2.24) is 4.90 Å². The lowest BCUT2D eigenvalue weighted by molar-refractivity contribution is -0.112. The van der Waals surface area contributed by atoms with E-state index >= 15 is 0 Å². The second-order valence-corrected chi connectivity index (χ2v) is 5.28. The van der Waals surface area contributed by atoms with Crippen molar-refractivity contribution in [1.29, 1.82) is 0 Å². The lowest BCUT2D eigenvalue weighted by Crippen LogP contribution is -2.21. The molecular formula is C17H14F2N2O. The molecule has 0 aliphatic carbocycles. The van der Waals surface area contributed by atoms with Crippen molar-refractivity contribution >= 4 is 22.9 Å². The first-order valence-corrected chi connectivity index (χ1v) is 6.75. The molecule has 112 valence electrons. The number of hydrogen-bond acceptors (Lipinski definition) is 2. The predicted molar refractivity (Wildman–Crippen MR) is 81.6 cm³/mol. The minimum absolute atomic E-state index is 0.263. The highest BCUT2D eigenvalue weighted by molar-refractivity contribution is 6.34. The Balaban J connectivity index is 2.18. The average molecular weight is 300 g/mol. The van der Waals surface area contributed by atoms with Gasteiger partial charge in [0.25, 0.3) is 5.91 Å². The summed E-state index contributed by atoms with van der Waals surface area (Å²) >= 11 is 0. The second kappa shape index (κ2) is 5.26. The van der Waals surface area contributed by atoms with Crippen molar-refractivity contribution in [3.8, 4) is 0 Å². The van der Waals surface area contributed by atoms with Crippen molar-refractivity contribution in [3.63, 3.8) is 0 Å². The summed E-state index contributed by atoms with van der Waals surface area (Å²) in [6.45, 7) is 0. The van der Waals surface area contributed by atoms with Crippen LogP contribution in [0, 0.1) is 11.6 Å². The number of carbonyl (C=O) groups is 1. The summed E-state index contributed by atoms with van der Waals surface area (Å²) in [5.74, 6) is -1.04. The molecule has 2 aromatic rings. The maximum absolute atomic E-state index is 13.6. The van der Waals surface area contributed by atoms with Crippen LogP contribution in [0.4, 0.5) is 20.2 Å². The lowest BCUT2D eigenvalue weighted by Gasteiger charge is -2.17. The molecule has 0 radical (unpaired) electrons. The minimum Gasteiger partial charge on any atom is -0.383 e. The van der Waals surface area contributed by atoms with Crippen molar-refractivity contribution in [2.24, 2.45) is 0 Å². The Labute approximate surface area is 127 Å². The van der Waals surface area contributed by atoms with E-state index in [9.17, 15) is 13.6 Å². The van der Waals surface area contributed by atoms with E-state index < -0.39 is 5.82 Å². The number of benzene rings is 2. The molecule has 0 atom stereocenters. The van der Waals surface area contributed by atoms with E-state index in [2.05, 4.69) is 0 Å². The van der Waals surface area contributed by atoms with Gasteiger partial charge in [-0.15, -0.1) is 0 Å². The first kappa shape index (κ1) is 14.3. The molecule has 1 amide bonds. The van der Waals surface area contributed by atoms with Gasteiger partial charge in [0, 0.05) is 31.5 Å². The number of amides is 1. The summed E-state index contributed by atoms with van der Waals surface area (Å²) in [7, 11) is 3.58. The Morgan fingerprint density at radius 1 is 1.00 bits per heavy atom. The molecule has 3 nitrogen and oxygen atoms in total. The van der Waals surface area contributed by atoms with Gasteiger partial charge in [0.05, 0.1) is 11.3 Å². The third-order valence-electron chi connectivity index (χ3n) is 3.40. The molecule has 0 unspecified atom stereocenters. The zero-order valence-corrected chi connectivity index (χ0v) is 12.2. The molecule has 1 heterocycles. The van der Waals surface area contributed by atoms with E-state index in [0.717, 1.165) is 0 Å². The summed E-state index contributed by atoms with van der Waals surface area (Å²) in [6.07, 6.45) is 1.66. The molecular weight excluding hydrogens is 286 g/mol. The number of hydrogen-bond donors (Lipinski definition) is 0. The highest BCUT2D eigenvalue weighted by Crippen LogP contribution is 2.41. The molecule has 0 fully saturated rings. The van der Waals surface area contributed by atoms with Gasteiger partial charge in [0.15, 0.2) is 0 Å². The summed E-state index contributed by atoms with van der Waals surface area (Å²) < 4.78 is 26.7. The van der Waals surface area contributed by atoms with Gasteiger partial charge in [-0.05, 0) is 42.5 Å². The zero-order valence-electron chi connectivity index (χ0n) is 12.2. The molecule has 22 heavy (non-hydrogen) atoms. The van der Waals surface area contributed by atoms with Crippen LogP contribution in [-0.2, 0) is 4.79 Å². The van der Waals surface area contributed by atoms with E-state index in [1.54, 1.807) is 31.3 Å². The number of halogens is 2. The van der Waals surface area contributed by atoms with Crippen LogP contribution in [0.25, 0.3) is 5.57 Å². The quantitative estimate of drug-likeness (QED) is 0.792. The Bertz CT molecular complexity index is 767. The molecule has 0 N–H and O–H groups in total. The molecule has 0 saturated heterocycles. The summed E-state index contributed by atoms with van der Waals surface area (Å²) in [5, 5.41) is 0. The third-order valence-corrected chi connectivity index (χ3v) is 3.40. The molecule has 1 aliphatic heterocycles. The standard InChI is InChI=1S/C17H14F2N2O/c1-20(2)10-15-14-9-12(19)5-8-16(14)21(17(15)22)13-6-3-11(18)4-7-13/h3-10H,1-2H3. The van der Waals surface area contributed by atoms with E-state index in [1.807, 2.05) is 0 Å². The van der Waals surface area contributed by atoms with E-state index in [0.29, 0.717) is 22.5 Å². The fourth-order valence-electron chi connectivity index (χ4n) is 2.49. The van der Waals surface area contributed by atoms with Gasteiger partial charge in [-0.3, -0.25) is 9.69 Å². The van der Waals surface area contributed by atoms with Gasteiger partial charge < -0.3 is 4.90 Å². The Morgan fingerprint density at radius 3 is 2.27 bits per heavy atom. The SMILES string of the molecule is CN(C)C=C1C(=O)N(c2ccc(F)cc2)c2ccc(F)cc21. The predicted octanol–water partition coefficient (Wildman–Crippen LogP) is 3.55. The van der Waals surface area contributed by atoms with Gasteiger partial charge in [0.2, 0.25) is 0 Å². The highest BCUT2D eigenvalue weighted by Gasteiger charge is 2.34. The lowest BCUT2D eigenvalue weighted by atomic mass is 10.1. The number of carbonyl (C=O) groups excluding carboxylic acids is 1. The first-order chi connectivity index (χ1) is 10.5. The van der Waals surface area contributed by atoms with Crippen molar-refractivity contribution in [2.45, 2.75) is 0 Å². The molecule has 2 aromatic carbocycles. The van der Waals surface area contributed by atoms with E-state index in [-0.39, 0.29) is 11.7 Å². The first-order valence-electron chi connectivity index (χ1n) is 6.75. The number of fused-ring (bicyclic) bond motifs is 1. The molecule has 1 aliphatic rings. The van der Waals surface area contributed by atoms with E-state index in [1.165, 1.54) is 41.3 Å². The summed E-state index contributed by atoms with van der Waals surface area (Å²) in [5.41, 5.74) is 2.07. The smallest absolute Gasteiger partial charge is 0.265 e. The Kier molecular flexibility index (Phi) is 3.41. The molecule has 0 bridgehead atoms. The molecule has 0 spiro atoms. The van der Waals surface area contributed by atoms with Crippen molar-refractivity contribution in [3.05, 3.63) is 65.9 Å². The van der Waals surface area contributed by atoms with Crippen LogP contribution in [0.15, 0.2) is 48.7 Å². The fraction of sp³-hybridized carbons (Fsp3) is 0.118. The van der Waals surface area contributed by atoms with Crippen LogP contribution >= 0.6 is 0 Å².